The molecule has 1 aliphatic rings. The number of aromatic nitrogens is 3. The molecule has 0 atom stereocenters. The number of sulfonamides is 1. The van der Waals surface area contributed by atoms with E-state index in [2.05, 4.69) is 15.1 Å². The van der Waals surface area contributed by atoms with E-state index >= 15 is 0 Å². The summed E-state index contributed by atoms with van der Waals surface area (Å²) in [5.74, 6) is 0.313. The number of hydrogen-bond donors (Lipinski definition) is 0. The smallest absolute Gasteiger partial charge is 0.339 e. The molecule has 0 unspecified atom stereocenters. The summed E-state index contributed by atoms with van der Waals surface area (Å²) in [6.45, 7) is 0.209. The van der Waals surface area contributed by atoms with Crippen LogP contribution in [0.2, 0.25) is 0 Å². The van der Waals surface area contributed by atoms with Crippen LogP contribution in [0, 0.1) is 0 Å². The zero-order valence-electron chi connectivity index (χ0n) is 14.2. The molecule has 28 heavy (non-hydrogen) atoms. The third-order valence-corrected chi connectivity index (χ3v) is 6.20. The molecule has 1 aliphatic heterocycles. The minimum atomic E-state index is -4.52. The average Bonchev–Trinajstić information content (AvgIpc) is 3.10. The minimum Gasteiger partial charge on any atom is -0.339 e. The van der Waals surface area contributed by atoms with Gasteiger partial charge in [0.05, 0.1) is 16.4 Å². The molecule has 0 aliphatic carbocycles. The Morgan fingerprint density at radius 1 is 1.07 bits per heavy atom. The molecule has 146 valence electrons. The van der Waals surface area contributed by atoms with Crippen molar-refractivity contribution in [2.75, 3.05) is 13.1 Å². The number of alkyl halides is 3. The van der Waals surface area contributed by atoms with Crippen LogP contribution in [0.4, 0.5) is 13.2 Å². The fourth-order valence-electron chi connectivity index (χ4n) is 2.76. The zero-order valence-corrected chi connectivity index (χ0v) is 15.0. The standard InChI is InChI=1S/C17H13F3N4O3S/c18-17(19,20)12-4-6-13(7-5-12)28(25,26)24-9-11(10-24)16-22-15(23-27-16)14-3-1-2-8-21-14/h1-8,11H,9-10H2. The molecule has 3 heterocycles. The van der Waals surface area contributed by atoms with Gasteiger partial charge in [-0.25, -0.2) is 8.42 Å². The molecule has 0 bridgehead atoms. The van der Waals surface area contributed by atoms with Crippen molar-refractivity contribution in [1.82, 2.24) is 19.4 Å². The molecule has 0 amide bonds. The van der Waals surface area contributed by atoms with Crippen molar-refractivity contribution in [3.63, 3.8) is 0 Å². The van der Waals surface area contributed by atoms with Gasteiger partial charge in [-0.2, -0.15) is 22.5 Å². The SMILES string of the molecule is O=S(=O)(c1ccc(C(F)(F)F)cc1)N1CC(c2nc(-c3ccccn3)no2)C1. The zero-order chi connectivity index (χ0) is 19.9. The number of halogens is 3. The van der Waals surface area contributed by atoms with Crippen molar-refractivity contribution in [3.8, 4) is 11.5 Å². The number of rotatable bonds is 4. The predicted octanol–water partition coefficient (Wildman–Crippen LogP) is 2.94. The third kappa shape index (κ3) is 3.38. The Morgan fingerprint density at radius 2 is 1.79 bits per heavy atom. The lowest BCUT2D eigenvalue weighted by Gasteiger charge is -2.35. The molecule has 0 N–H and O–H groups in total. The summed E-state index contributed by atoms with van der Waals surface area (Å²) < 4.78 is 69.3. The summed E-state index contributed by atoms with van der Waals surface area (Å²) in [5, 5.41) is 3.84. The van der Waals surface area contributed by atoms with Gasteiger partial charge in [-0.1, -0.05) is 11.2 Å². The highest BCUT2D eigenvalue weighted by Crippen LogP contribution is 2.34. The Balaban J connectivity index is 1.45. The second-order valence-electron chi connectivity index (χ2n) is 6.21. The van der Waals surface area contributed by atoms with Gasteiger partial charge >= 0.3 is 6.18 Å². The van der Waals surface area contributed by atoms with E-state index in [4.69, 9.17) is 4.52 Å². The monoisotopic (exact) mass is 410 g/mol. The van der Waals surface area contributed by atoms with Crippen LogP contribution < -0.4 is 0 Å². The number of nitrogens with zero attached hydrogens (tertiary/aromatic N) is 4. The van der Waals surface area contributed by atoms with Crippen LogP contribution in [0.3, 0.4) is 0 Å². The molecule has 0 radical (unpaired) electrons. The van der Waals surface area contributed by atoms with Gasteiger partial charge in [0.1, 0.15) is 5.69 Å². The van der Waals surface area contributed by atoms with Crippen LogP contribution in [0.25, 0.3) is 11.5 Å². The Kier molecular flexibility index (Phi) is 4.42. The fourth-order valence-corrected chi connectivity index (χ4v) is 4.29. The van der Waals surface area contributed by atoms with Crippen LogP contribution in [0.5, 0.6) is 0 Å². The quantitative estimate of drug-likeness (QED) is 0.657. The first-order valence-electron chi connectivity index (χ1n) is 8.17. The highest BCUT2D eigenvalue weighted by molar-refractivity contribution is 7.89. The maximum absolute atomic E-state index is 12.6. The third-order valence-electron chi connectivity index (χ3n) is 4.35. The average molecular weight is 410 g/mol. The van der Waals surface area contributed by atoms with Crippen LogP contribution >= 0.6 is 0 Å². The molecule has 3 aromatic rings. The number of pyridine rings is 1. The number of benzene rings is 1. The van der Waals surface area contributed by atoms with Crippen molar-refractivity contribution in [3.05, 3.63) is 60.1 Å². The van der Waals surface area contributed by atoms with Crippen LogP contribution in [-0.4, -0.2) is 40.9 Å². The van der Waals surface area contributed by atoms with Crippen molar-refractivity contribution < 1.29 is 26.1 Å². The van der Waals surface area contributed by atoms with Gasteiger partial charge in [0, 0.05) is 19.3 Å². The molecule has 11 heteroatoms. The molecule has 1 fully saturated rings. The first kappa shape index (κ1) is 18.6. The topological polar surface area (TPSA) is 89.2 Å². The second-order valence-corrected chi connectivity index (χ2v) is 8.15. The van der Waals surface area contributed by atoms with E-state index in [0.29, 0.717) is 17.4 Å². The molecule has 0 spiro atoms. The second kappa shape index (κ2) is 6.67. The predicted molar refractivity (Wildman–Crippen MR) is 90.5 cm³/mol. The highest BCUT2D eigenvalue weighted by atomic mass is 32.2. The maximum Gasteiger partial charge on any atom is 0.416 e. The van der Waals surface area contributed by atoms with E-state index < -0.39 is 21.8 Å². The van der Waals surface area contributed by atoms with E-state index in [-0.39, 0.29) is 23.9 Å². The van der Waals surface area contributed by atoms with Crippen LogP contribution in [0.1, 0.15) is 17.4 Å². The van der Waals surface area contributed by atoms with Gasteiger partial charge in [0.2, 0.25) is 21.7 Å². The Hall–Kier alpha value is -2.79. The van der Waals surface area contributed by atoms with Crippen molar-refractivity contribution >= 4 is 10.0 Å². The molecule has 1 aromatic carbocycles. The first-order chi connectivity index (χ1) is 13.2. The Morgan fingerprint density at radius 3 is 2.39 bits per heavy atom. The highest BCUT2D eigenvalue weighted by Gasteiger charge is 2.41. The van der Waals surface area contributed by atoms with Crippen LogP contribution in [0.15, 0.2) is 58.1 Å². The Bertz CT molecular complexity index is 1080. The summed E-state index contributed by atoms with van der Waals surface area (Å²) in [6.07, 6.45) is -2.93. The van der Waals surface area contributed by atoms with Gasteiger partial charge in [0.15, 0.2) is 0 Å². The molecule has 1 saturated heterocycles. The van der Waals surface area contributed by atoms with Gasteiger partial charge in [-0.05, 0) is 36.4 Å². The molecular formula is C17H13F3N4O3S. The maximum atomic E-state index is 12.6. The molecule has 7 nitrogen and oxygen atoms in total. The normalized spacial score (nSPS) is 16.1. The molecule has 0 saturated carbocycles. The summed E-state index contributed by atoms with van der Waals surface area (Å²) in [4.78, 5) is 8.16. The largest absolute Gasteiger partial charge is 0.416 e. The molecule has 2 aromatic heterocycles. The summed E-state index contributed by atoms with van der Waals surface area (Å²) in [7, 11) is -3.89. The lowest BCUT2D eigenvalue weighted by Crippen LogP contribution is -2.48. The van der Waals surface area contributed by atoms with Crippen molar-refractivity contribution in [1.29, 1.82) is 0 Å². The summed E-state index contributed by atoms with van der Waals surface area (Å²) in [5.41, 5.74) is -0.369. The van der Waals surface area contributed by atoms with Gasteiger partial charge in [-0.3, -0.25) is 4.98 Å². The lowest BCUT2D eigenvalue weighted by atomic mass is 10.0. The van der Waals surface area contributed by atoms with E-state index in [0.717, 1.165) is 28.6 Å². The molecule has 4 rings (SSSR count). The van der Waals surface area contributed by atoms with Crippen molar-refractivity contribution in [2.24, 2.45) is 0 Å². The van der Waals surface area contributed by atoms with Crippen LogP contribution in [-0.2, 0) is 16.2 Å². The molecular weight excluding hydrogens is 397 g/mol. The van der Waals surface area contributed by atoms with Gasteiger partial charge < -0.3 is 4.52 Å². The van der Waals surface area contributed by atoms with Gasteiger partial charge in [-0.15, -0.1) is 0 Å². The minimum absolute atomic E-state index is 0.104. The van der Waals surface area contributed by atoms with E-state index in [1.807, 2.05) is 0 Å². The van der Waals surface area contributed by atoms with Gasteiger partial charge in [0.25, 0.3) is 0 Å². The summed E-state index contributed by atoms with van der Waals surface area (Å²) in [6, 6.07) is 8.66. The van der Waals surface area contributed by atoms with E-state index in [1.165, 1.54) is 0 Å². The summed E-state index contributed by atoms with van der Waals surface area (Å²) >= 11 is 0. The Labute approximate surface area is 157 Å². The van der Waals surface area contributed by atoms with E-state index in [9.17, 15) is 21.6 Å². The number of hydrogen-bond acceptors (Lipinski definition) is 6. The van der Waals surface area contributed by atoms with Crippen molar-refractivity contribution in [2.45, 2.75) is 17.0 Å². The van der Waals surface area contributed by atoms with E-state index in [1.54, 1.807) is 24.4 Å². The fraction of sp³-hybridized carbons (Fsp3) is 0.235. The lowest BCUT2D eigenvalue weighted by molar-refractivity contribution is -0.137. The first-order valence-corrected chi connectivity index (χ1v) is 9.61.